The highest BCUT2D eigenvalue weighted by Gasteiger charge is 2.06. The maximum absolute atomic E-state index is 10.7. The number of nitrogens with one attached hydrogen (secondary N) is 1. The van der Waals surface area contributed by atoms with Crippen LogP contribution in [0.1, 0.15) is 6.92 Å². The van der Waals surface area contributed by atoms with Crippen molar-refractivity contribution in [2.75, 3.05) is 26.2 Å². The Morgan fingerprint density at radius 2 is 1.92 bits per heavy atom. The van der Waals surface area contributed by atoms with Crippen molar-refractivity contribution in [3.05, 3.63) is 0 Å². The molecule has 13 heavy (non-hydrogen) atoms. The van der Waals surface area contributed by atoms with Crippen LogP contribution in [0.4, 0.5) is 0 Å². The Morgan fingerprint density at radius 3 is 2.38 bits per heavy atom. The first-order chi connectivity index (χ1) is 6.07. The van der Waals surface area contributed by atoms with Crippen LogP contribution in [0.25, 0.3) is 0 Å². The Bertz CT molecular complexity index is 158. The second kappa shape index (κ2) is 7.64. The van der Waals surface area contributed by atoms with Crippen LogP contribution in [-0.2, 0) is 4.79 Å². The van der Waals surface area contributed by atoms with Gasteiger partial charge in [0.15, 0.2) is 0 Å². The van der Waals surface area contributed by atoms with E-state index in [9.17, 15) is 4.79 Å². The van der Waals surface area contributed by atoms with E-state index in [2.05, 4.69) is 4.84 Å². The molecular weight excluding hydrogens is 236 g/mol. The molecule has 0 saturated carbocycles. The maximum atomic E-state index is 10.7. The first kappa shape index (κ1) is 13.3. The van der Waals surface area contributed by atoms with Crippen molar-refractivity contribution in [1.82, 2.24) is 13.7 Å². The van der Waals surface area contributed by atoms with Gasteiger partial charge in [0.25, 0.3) is 0 Å². The molecule has 7 heteroatoms. The zero-order valence-corrected chi connectivity index (χ0v) is 9.53. The first-order valence-corrected chi connectivity index (χ1v) is 4.81. The van der Waals surface area contributed by atoms with Gasteiger partial charge >= 0.3 is 0 Å². The summed E-state index contributed by atoms with van der Waals surface area (Å²) in [6.45, 7) is 3.46. The third-order valence-corrected chi connectivity index (χ3v) is 2.26. The van der Waals surface area contributed by atoms with Crippen LogP contribution in [0.2, 0.25) is 0 Å². The minimum Gasteiger partial charge on any atom is -0.274 e. The summed E-state index contributed by atoms with van der Waals surface area (Å²) in [5, 5.41) is 0. The number of nitrogens with zero attached hydrogens (tertiary/aromatic N) is 2. The average Bonchev–Trinajstić information content (AvgIpc) is 2.10. The van der Waals surface area contributed by atoms with Gasteiger partial charge in [0.2, 0.25) is 5.91 Å². The van der Waals surface area contributed by atoms with Gasteiger partial charge in [-0.05, 0) is 23.6 Å². The van der Waals surface area contributed by atoms with Gasteiger partial charge < -0.3 is 0 Å². The fraction of sp³-hybridized carbons (Fsp3) is 0.833. The Morgan fingerprint density at radius 1 is 1.31 bits per heavy atom. The fourth-order valence-electron chi connectivity index (χ4n) is 0.629. The van der Waals surface area contributed by atoms with Gasteiger partial charge in [0.05, 0.1) is 6.54 Å². The molecule has 0 spiro atoms. The molecule has 0 radical (unpaired) electrons. The van der Waals surface area contributed by atoms with E-state index in [4.69, 9.17) is 35.3 Å². The number of amides is 1. The highest BCUT2D eigenvalue weighted by molar-refractivity contribution is 6.21. The van der Waals surface area contributed by atoms with Crippen molar-refractivity contribution in [1.29, 1.82) is 0 Å². The highest BCUT2D eigenvalue weighted by Crippen LogP contribution is 1.98. The normalized spacial score (nSPS) is 10.5. The van der Waals surface area contributed by atoms with Gasteiger partial charge in [-0.2, -0.15) is 0 Å². The lowest BCUT2D eigenvalue weighted by Crippen LogP contribution is -2.30. The minimum atomic E-state index is -0.192. The molecule has 4 nitrogen and oxygen atoms in total. The van der Waals surface area contributed by atoms with E-state index in [1.165, 1.54) is 11.3 Å². The number of hydrogen-bond donors (Lipinski definition) is 1. The highest BCUT2D eigenvalue weighted by atomic mass is 35.5. The van der Waals surface area contributed by atoms with Gasteiger partial charge in [-0.25, -0.2) is 9.25 Å². The molecule has 0 heterocycles. The molecule has 1 amide bonds. The lowest BCUT2D eigenvalue weighted by atomic mass is 10.5. The van der Waals surface area contributed by atoms with Crippen molar-refractivity contribution in [2.45, 2.75) is 6.92 Å². The molecule has 0 aliphatic carbocycles. The van der Waals surface area contributed by atoms with E-state index in [0.29, 0.717) is 26.2 Å². The third-order valence-electron chi connectivity index (χ3n) is 1.33. The Labute approximate surface area is 93.0 Å². The van der Waals surface area contributed by atoms with Gasteiger partial charge in [-0.15, -0.1) is 0 Å². The number of hydrogen-bond acceptors (Lipinski definition) is 3. The topological polar surface area (TPSA) is 35.6 Å². The molecule has 0 unspecified atom stereocenters. The smallest absolute Gasteiger partial charge is 0.233 e. The molecule has 0 aliphatic rings. The predicted octanol–water partition coefficient (Wildman–Crippen LogP) is 1.19. The van der Waals surface area contributed by atoms with Crippen LogP contribution in [0.15, 0.2) is 0 Å². The molecule has 0 aromatic heterocycles. The Kier molecular flexibility index (Phi) is 7.80. The van der Waals surface area contributed by atoms with Crippen LogP contribution in [0.3, 0.4) is 0 Å². The summed E-state index contributed by atoms with van der Waals surface area (Å²) >= 11 is 16.5. The summed E-state index contributed by atoms with van der Waals surface area (Å²) in [6.07, 6.45) is 0. The van der Waals surface area contributed by atoms with Crippen LogP contribution in [0.5, 0.6) is 0 Å². The molecular formula is C6H12Cl3N3O. The number of rotatable bonds is 6. The minimum absolute atomic E-state index is 0.192. The molecule has 0 bridgehead atoms. The van der Waals surface area contributed by atoms with E-state index in [1.54, 1.807) is 0 Å². The van der Waals surface area contributed by atoms with E-state index < -0.39 is 0 Å². The van der Waals surface area contributed by atoms with Gasteiger partial charge in [0.1, 0.15) is 0 Å². The number of carbonyl (C=O) groups excluding carboxylic acids is 1. The molecule has 0 aromatic rings. The Balaban J connectivity index is 3.45. The van der Waals surface area contributed by atoms with Crippen molar-refractivity contribution in [2.24, 2.45) is 0 Å². The maximum Gasteiger partial charge on any atom is 0.233 e. The van der Waals surface area contributed by atoms with Crippen molar-refractivity contribution >= 4 is 41.2 Å². The summed E-state index contributed by atoms with van der Waals surface area (Å²) < 4.78 is 2.59. The van der Waals surface area contributed by atoms with Gasteiger partial charge in [-0.3, -0.25) is 9.21 Å². The molecule has 0 saturated heterocycles. The van der Waals surface area contributed by atoms with Crippen LogP contribution in [-0.4, -0.2) is 40.9 Å². The van der Waals surface area contributed by atoms with Crippen molar-refractivity contribution < 1.29 is 4.79 Å². The zero-order chi connectivity index (χ0) is 10.3. The monoisotopic (exact) mass is 247 g/mol. The van der Waals surface area contributed by atoms with E-state index >= 15 is 0 Å². The molecule has 0 aliphatic heterocycles. The largest absolute Gasteiger partial charge is 0.274 e. The summed E-state index contributed by atoms with van der Waals surface area (Å²) in [5.41, 5.74) is 0. The number of carbonyl (C=O) groups is 1. The second-order valence-electron chi connectivity index (χ2n) is 2.40. The molecule has 1 N–H and O–H groups in total. The average molecular weight is 249 g/mol. The van der Waals surface area contributed by atoms with Crippen LogP contribution in [0, 0.1) is 0 Å². The van der Waals surface area contributed by atoms with E-state index in [1.807, 2.05) is 0 Å². The molecule has 78 valence electrons. The SMILES string of the molecule is CC(=O)N(Cl)CCN(Cl)CCNCl. The molecule has 0 rings (SSSR count). The zero-order valence-electron chi connectivity index (χ0n) is 7.26. The lowest BCUT2D eigenvalue weighted by Gasteiger charge is -2.16. The van der Waals surface area contributed by atoms with E-state index in [-0.39, 0.29) is 5.91 Å². The molecule has 0 atom stereocenters. The van der Waals surface area contributed by atoms with Crippen LogP contribution >= 0.6 is 35.3 Å². The standard InChI is InChI=1S/C6H12Cl3N3O/c1-6(13)12(9)5-4-11(8)3-2-10-7/h10H,2-5H2,1H3. The number of halogens is 3. The van der Waals surface area contributed by atoms with E-state index in [0.717, 1.165) is 4.42 Å². The first-order valence-electron chi connectivity index (χ1n) is 3.76. The fourth-order valence-corrected chi connectivity index (χ4v) is 0.949. The summed E-state index contributed by atoms with van der Waals surface area (Å²) in [7, 11) is 0. The predicted molar refractivity (Wildman–Crippen MR) is 54.5 cm³/mol. The third kappa shape index (κ3) is 7.34. The second-order valence-corrected chi connectivity index (χ2v) is 3.55. The van der Waals surface area contributed by atoms with Gasteiger partial charge in [0, 0.05) is 38.3 Å². The summed E-state index contributed by atoms with van der Waals surface area (Å²) in [6, 6.07) is 0. The summed E-state index contributed by atoms with van der Waals surface area (Å²) in [5.74, 6) is -0.192. The van der Waals surface area contributed by atoms with Crippen molar-refractivity contribution in [3.8, 4) is 0 Å². The molecule has 0 aromatic carbocycles. The van der Waals surface area contributed by atoms with Gasteiger partial charge in [-0.1, -0.05) is 0 Å². The lowest BCUT2D eigenvalue weighted by molar-refractivity contribution is -0.124. The summed E-state index contributed by atoms with van der Waals surface area (Å²) in [4.78, 5) is 13.1. The molecule has 0 fully saturated rings. The Hall–Kier alpha value is 0.260. The quantitative estimate of drug-likeness (QED) is 0.717. The van der Waals surface area contributed by atoms with Crippen molar-refractivity contribution in [3.63, 3.8) is 0 Å². The van der Waals surface area contributed by atoms with Crippen LogP contribution < -0.4 is 4.84 Å².